The topological polar surface area (TPSA) is 82.7 Å². The van der Waals surface area contributed by atoms with Gasteiger partial charge in [-0.3, -0.25) is 0 Å². The Morgan fingerprint density at radius 2 is 0.456 bits per heavy atom. The third kappa shape index (κ3) is 11.8. The van der Waals surface area contributed by atoms with Crippen LogP contribution in [0.15, 0.2) is 164 Å². The van der Waals surface area contributed by atoms with Crippen LogP contribution in [0, 0.1) is 0 Å². The molecule has 13 aromatic rings. The van der Waals surface area contributed by atoms with E-state index in [-0.39, 0.29) is 0 Å². The summed E-state index contributed by atoms with van der Waals surface area (Å²) in [6.07, 6.45) is 8.25. The second-order valence-electron chi connectivity index (χ2n) is 22.6. The molecule has 0 unspecified atom stereocenters. The molecule has 0 spiro atoms. The molecule has 0 radical (unpaired) electrons. The van der Waals surface area contributed by atoms with Crippen LogP contribution in [-0.2, 0) is 39.8 Å². The molecule has 12 aliphatic carbocycles. The van der Waals surface area contributed by atoms with E-state index in [1.165, 1.54) is 0 Å². The van der Waals surface area contributed by atoms with Crippen LogP contribution in [-0.4, -0.2) is 61.4 Å². The summed E-state index contributed by atoms with van der Waals surface area (Å²) in [5.41, 5.74) is 8.62. The van der Waals surface area contributed by atoms with E-state index >= 15 is 0 Å². The molecule has 25 rings (SSSR count). The first-order chi connectivity index (χ1) is 43.0. The number of methoxy groups -OCH3 is 8. The van der Waals surface area contributed by atoms with Gasteiger partial charge in [0.1, 0.15) is 58.4 Å². The van der Waals surface area contributed by atoms with Crippen molar-refractivity contribution in [3.63, 3.8) is 0 Å². The second-order valence-corrected chi connectivity index (χ2v) is 24.5. The number of nitrogens with zero attached hydrogens (tertiary/aromatic N) is 2. The fourth-order valence-corrected chi connectivity index (χ4v) is 13.2. The second kappa shape index (κ2) is 22.7. The molecule has 90 heavy (non-hydrogen) atoms. The summed E-state index contributed by atoms with van der Waals surface area (Å²) >= 11 is 0. The van der Waals surface area contributed by atoms with Crippen molar-refractivity contribution in [2.45, 2.75) is 25.7 Å². The molecule has 0 amide bonds. The normalized spacial score (nSPS) is 13.1. The minimum absolute atomic E-state index is 0.563. The van der Waals surface area contributed by atoms with E-state index in [0.29, 0.717) is 25.7 Å². The third-order valence-corrected chi connectivity index (χ3v) is 17.3. The van der Waals surface area contributed by atoms with Crippen LogP contribution >= 0.6 is 7.81 Å². The van der Waals surface area contributed by atoms with Gasteiger partial charge in [0.15, 0.2) is 0 Å². The molecule has 12 aliphatic rings. The Morgan fingerprint density at radius 3 is 0.556 bits per heavy atom. The Hall–Kier alpha value is -9.66. The Morgan fingerprint density at radius 1 is 0.300 bits per heavy atom. The van der Waals surface area contributed by atoms with Crippen molar-refractivity contribution in [3.8, 4) is 46.0 Å². The number of hydrogen-bond donors (Lipinski definition) is 0. The van der Waals surface area contributed by atoms with Gasteiger partial charge in [-0.15, -0.1) is 0 Å². The molecular weight excluding hydrogens is 1180 g/mol. The maximum absolute atomic E-state index is 10.7. The van der Waals surface area contributed by atoms with Crippen LogP contribution < -0.4 is 42.5 Å². The van der Waals surface area contributed by atoms with Gasteiger partial charge in [0, 0.05) is 70.2 Å². The average Bonchev–Trinajstić information content (AvgIpc) is 0.810. The zero-order valence-electron chi connectivity index (χ0n) is 51.3. The van der Waals surface area contributed by atoms with E-state index in [9.17, 15) is 25.2 Å². The van der Waals surface area contributed by atoms with Crippen molar-refractivity contribution in [1.29, 1.82) is 0 Å². The van der Waals surface area contributed by atoms with Gasteiger partial charge in [-0.1, -0.05) is 48.5 Å². The number of imidazole rings is 1. The average molecular weight is 1240 g/mol. The molecule has 1 heterocycles. The van der Waals surface area contributed by atoms with Crippen LogP contribution in [0.2, 0.25) is 0 Å². The summed E-state index contributed by atoms with van der Waals surface area (Å²) in [4.78, 5) is 0. The van der Waals surface area contributed by atoms with Gasteiger partial charge in [0.05, 0.1) is 71.0 Å². The minimum atomic E-state index is -10.7. The number of halogens is 6. The summed E-state index contributed by atoms with van der Waals surface area (Å²) in [6, 6.07) is 52.6. The number of rotatable bonds is 8. The van der Waals surface area contributed by atoms with Crippen LogP contribution in [0.3, 0.4) is 0 Å². The molecule has 0 fully saturated rings. The monoisotopic (exact) mass is 1240 g/mol. The Labute approximate surface area is 515 Å². The zero-order chi connectivity index (χ0) is 63.6. The first-order valence-corrected chi connectivity index (χ1v) is 30.9. The summed E-state index contributed by atoms with van der Waals surface area (Å²) in [7, 11) is 7.37. The van der Waals surface area contributed by atoms with E-state index in [2.05, 4.69) is 146 Å². The van der Waals surface area contributed by atoms with Gasteiger partial charge in [0.2, 0.25) is 6.33 Å². The van der Waals surface area contributed by atoms with Crippen LogP contribution in [0.5, 0.6) is 46.0 Å². The molecule has 1 aromatic heterocycles. The maximum atomic E-state index is 9.87. The molecule has 24 bridgehead atoms. The van der Waals surface area contributed by atoms with Crippen molar-refractivity contribution in [3.05, 3.63) is 209 Å². The van der Waals surface area contributed by atoms with Gasteiger partial charge in [-0.2, -0.15) is 0 Å². The fraction of sp³-hybridized carbons (Fsp3) is 0.192. The summed E-state index contributed by atoms with van der Waals surface area (Å²) in [6.45, 7) is 0. The van der Waals surface area contributed by atoms with E-state index in [1.807, 2.05) is 42.0 Å². The molecule has 462 valence electrons. The first-order valence-electron chi connectivity index (χ1n) is 28.9. The molecule has 0 atom stereocenters. The molecule has 0 saturated carbocycles. The summed E-state index contributed by atoms with van der Waals surface area (Å²) < 4.78 is 113. The van der Waals surface area contributed by atoms with E-state index in [4.69, 9.17) is 37.9 Å². The number of hydrogen-bond acceptors (Lipinski definition) is 8. The Kier molecular flexibility index (Phi) is 15.3. The number of aryl methyl sites for hydroxylation is 2. The van der Waals surface area contributed by atoms with Crippen molar-refractivity contribution in [1.82, 2.24) is 4.57 Å². The predicted molar refractivity (Wildman–Crippen MR) is 350 cm³/mol. The Balaban J connectivity index is 0.000000501. The molecule has 17 heteroatoms. The molecule has 0 saturated heterocycles. The van der Waals surface area contributed by atoms with E-state index in [0.717, 1.165) is 177 Å². The SMILES string of the molecule is COc1ccc2cc3c4c(OC)ccc3cc2c1Cc1c(OC)ccc2cc3c(c(OC)ccc3cc12)Cc1c(OC)ccc2cc3c(c(OC)ccc3cc12)Cc1c(OC)ccc2cc3c(c(OC)ccc3cc12)C4.Cn1cc[n+](C)c1.F[P-](F)(F)(F)(F)F. The predicted octanol–water partition coefficient (Wildman–Crippen LogP) is 18.9. The Bertz CT molecular complexity index is 4180. The third-order valence-electron chi connectivity index (χ3n) is 17.3. The zero-order valence-corrected chi connectivity index (χ0v) is 52.2. The number of aromatic nitrogens is 2. The van der Waals surface area contributed by atoms with Gasteiger partial charge in [-0.05, 0) is 183 Å². The fourth-order valence-electron chi connectivity index (χ4n) is 13.2. The quantitative estimate of drug-likeness (QED) is 0.0644. The van der Waals surface area contributed by atoms with Gasteiger partial charge in [0.25, 0.3) is 0 Å². The first kappa shape index (κ1) is 60.6. The molecule has 12 aromatic carbocycles. The molecule has 0 N–H and O–H groups in total. The van der Waals surface area contributed by atoms with Gasteiger partial charge < -0.3 is 37.9 Å². The number of benzene rings is 12. The molecule has 10 nitrogen and oxygen atoms in total. The summed E-state index contributed by atoms with van der Waals surface area (Å²) in [5, 5.41) is 17.6. The standard InChI is InChI=1S/C68H56O8.C5H9N2.F6P/c1-69-61-17-9-37-26-47-38-10-19-63(71-3)55(47)34-56-49-29-42-14-23-67(75-7)59(51(42)30-41(49)13-21-65(56)73-5)36-60-52-32-43-15-22-66(74-6)58(50(43)31-44(52)16-24-68(60)76-8)35-57-48-28-39-11-18-62(70-2)54(33-53(61)45(37)25-38)46(39)27-40(48)12-20-64(57)72-4;1-6-3-4-7(2)5-6;1-7(2,3,4,5)6/h9-32H,33-36H2,1-8H3;3-5H,1-2H3;/q;+1;-1. The summed E-state index contributed by atoms with van der Waals surface area (Å²) in [5.74, 6) is 6.50. The van der Waals surface area contributed by atoms with Crippen LogP contribution in [0.1, 0.15) is 44.5 Å². The van der Waals surface area contributed by atoms with Crippen molar-refractivity contribution < 1.29 is 67.6 Å². The van der Waals surface area contributed by atoms with E-state index in [1.54, 1.807) is 56.9 Å². The molecule has 0 aliphatic heterocycles. The van der Waals surface area contributed by atoms with Crippen LogP contribution in [0.4, 0.5) is 25.2 Å². The van der Waals surface area contributed by atoms with Crippen molar-refractivity contribution in [2.24, 2.45) is 14.1 Å². The van der Waals surface area contributed by atoms with Crippen LogP contribution in [0.25, 0.3) is 86.2 Å². The van der Waals surface area contributed by atoms with Crippen molar-refractivity contribution >= 4 is 94.0 Å². The van der Waals surface area contributed by atoms with Gasteiger partial charge >= 0.3 is 33.0 Å². The van der Waals surface area contributed by atoms with Crippen molar-refractivity contribution in [2.75, 3.05) is 56.9 Å². The van der Waals surface area contributed by atoms with Gasteiger partial charge in [-0.25, -0.2) is 9.13 Å². The van der Waals surface area contributed by atoms with E-state index < -0.39 is 7.81 Å². The number of ether oxygens (including phenoxy) is 8. The molecular formula is C73H65F6N2O8P.